The van der Waals surface area contributed by atoms with Crippen LogP contribution in [0.2, 0.25) is 0 Å². The molecular weight excluding hydrogens is 130 g/mol. The summed E-state index contributed by atoms with van der Waals surface area (Å²) in [6.07, 6.45) is 7.32. The number of aliphatic hydroxyl groups excluding tert-OH is 1. The minimum Gasteiger partial charge on any atom is -0.378 e. The highest BCUT2D eigenvalue weighted by atomic mass is 16.3. The number of hydrogen-bond acceptors (Lipinski definition) is 3. The van der Waals surface area contributed by atoms with Crippen molar-refractivity contribution >= 4 is 0 Å². The zero-order chi connectivity index (χ0) is 7.40. The molecule has 0 spiro atoms. The molecule has 1 aromatic heterocycles. The van der Waals surface area contributed by atoms with E-state index in [1.54, 1.807) is 6.20 Å². The van der Waals surface area contributed by atoms with Crippen LogP contribution in [0.4, 0.5) is 0 Å². The van der Waals surface area contributed by atoms with E-state index >= 15 is 0 Å². The van der Waals surface area contributed by atoms with Gasteiger partial charge in [0.1, 0.15) is 6.10 Å². The van der Waals surface area contributed by atoms with Crippen molar-refractivity contribution in [2.45, 2.75) is 12.6 Å². The van der Waals surface area contributed by atoms with E-state index in [2.05, 4.69) is 16.2 Å². The van der Waals surface area contributed by atoms with Crippen molar-refractivity contribution < 1.29 is 5.11 Å². The second kappa shape index (κ2) is 2.99. The Morgan fingerprint density at radius 1 is 1.80 bits per heavy atom. The summed E-state index contributed by atoms with van der Waals surface area (Å²) in [5.74, 6) is 2.17. The molecule has 4 heteroatoms. The van der Waals surface area contributed by atoms with E-state index in [9.17, 15) is 0 Å². The number of rotatable bonds is 2. The maximum Gasteiger partial charge on any atom is 0.134 e. The maximum atomic E-state index is 8.91. The summed E-state index contributed by atoms with van der Waals surface area (Å²) in [5, 5.41) is 16.1. The van der Waals surface area contributed by atoms with E-state index in [-0.39, 0.29) is 0 Å². The molecule has 0 bridgehead atoms. The van der Waals surface area contributed by atoms with Crippen molar-refractivity contribution in [1.29, 1.82) is 0 Å². The van der Waals surface area contributed by atoms with Gasteiger partial charge in [0.05, 0.1) is 12.7 Å². The Morgan fingerprint density at radius 3 is 3.10 bits per heavy atom. The molecule has 0 aromatic carbocycles. The maximum absolute atomic E-state index is 8.91. The first kappa shape index (κ1) is 6.78. The van der Waals surface area contributed by atoms with E-state index in [1.807, 2.05) is 0 Å². The molecule has 52 valence electrons. The van der Waals surface area contributed by atoms with Crippen molar-refractivity contribution in [1.82, 2.24) is 15.0 Å². The third kappa shape index (κ3) is 1.57. The van der Waals surface area contributed by atoms with Crippen LogP contribution < -0.4 is 0 Å². The number of aromatic nitrogens is 3. The molecule has 0 aliphatic rings. The average molecular weight is 137 g/mol. The first-order valence-corrected chi connectivity index (χ1v) is 2.81. The van der Waals surface area contributed by atoms with Crippen LogP contribution in [-0.4, -0.2) is 26.2 Å². The molecule has 0 aliphatic heterocycles. The largest absolute Gasteiger partial charge is 0.378 e. The van der Waals surface area contributed by atoms with E-state index in [1.165, 1.54) is 10.9 Å². The molecule has 0 aliphatic carbocycles. The fraction of sp³-hybridized carbons (Fsp3) is 0.333. The fourth-order valence-electron chi connectivity index (χ4n) is 0.560. The van der Waals surface area contributed by atoms with E-state index < -0.39 is 6.10 Å². The van der Waals surface area contributed by atoms with Crippen LogP contribution in [0.3, 0.4) is 0 Å². The van der Waals surface area contributed by atoms with Crippen molar-refractivity contribution in [3.05, 3.63) is 12.4 Å². The zero-order valence-corrected chi connectivity index (χ0v) is 5.31. The minimum atomic E-state index is -0.776. The van der Waals surface area contributed by atoms with Gasteiger partial charge >= 0.3 is 0 Å². The highest BCUT2D eigenvalue weighted by Crippen LogP contribution is 1.85. The summed E-state index contributed by atoms with van der Waals surface area (Å²) in [6.45, 7) is 0.302. The van der Waals surface area contributed by atoms with Crippen LogP contribution in [0, 0.1) is 12.3 Å². The van der Waals surface area contributed by atoms with Crippen molar-refractivity contribution in [3.8, 4) is 12.3 Å². The topological polar surface area (TPSA) is 50.9 Å². The number of hydrogen-bond donors (Lipinski definition) is 1. The van der Waals surface area contributed by atoms with Gasteiger partial charge in [0.15, 0.2) is 0 Å². The molecule has 0 saturated heterocycles. The summed E-state index contributed by atoms with van der Waals surface area (Å²) in [6, 6.07) is 0. The van der Waals surface area contributed by atoms with Crippen molar-refractivity contribution in [2.24, 2.45) is 0 Å². The number of nitrogens with zero attached hydrogens (tertiary/aromatic N) is 3. The van der Waals surface area contributed by atoms with E-state index in [4.69, 9.17) is 11.5 Å². The lowest BCUT2D eigenvalue weighted by Crippen LogP contribution is -2.13. The number of aliphatic hydroxyl groups is 1. The SMILES string of the molecule is C#CC(O)Cn1ccnn1. The van der Waals surface area contributed by atoms with Gasteiger partial charge in [-0.2, -0.15) is 0 Å². The summed E-state index contributed by atoms with van der Waals surface area (Å²) in [7, 11) is 0. The molecule has 1 heterocycles. The van der Waals surface area contributed by atoms with Crippen LogP contribution in [0.15, 0.2) is 12.4 Å². The average Bonchev–Trinajstić information content (AvgIpc) is 2.40. The van der Waals surface area contributed by atoms with Crippen LogP contribution in [0.25, 0.3) is 0 Å². The normalized spacial score (nSPS) is 12.4. The lowest BCUT2D eigenvalue weighted by molar-refractivity contribution is 0.204. The molecule has 0 amide bonds. The Bertz CT molecular complexity index is 224. The van der Waals surface area contributed by atoms with Crippen LogP contribution in [0.1, 0.15) is 0 Å². The molecule has 0 fully saturated rings. The zero-order valence-electron chi connectivity index (χ0n) is 5.31. The van der Waals surface area contributed by atoms with Gasteiger partial charge in [-0.05, 0) is 0 Å². The van der Waals surface area contributed by atoms with Gasteiger partial charge in [0, 0.05) is 6.20 Å². The molecule has 1 atom stereocenters. The fourth-order valence-corrected chi connectivity index (χ4v) is 0.560. The van der Waals surface area contributed by atoms with Crippen LogP contribution >= 0.6 is 0 Å². The van der Waals surface area contributed by atoms with Gasteiger partial charge in [-0.25, -0.2) is 4.68 Å². The first-order valence-electron chi connectivity index (χ1n) is 2.81. The minimum absolute atomic E-state index is 0.302. The summed E-state index contributed by atoms with van der Waals surface area (Å²) < 4.78 is 1.48. The molecular formula is C6H7N3O. The summed E-state index contributed by atoms with van der Waals surface area (Å²) in [4.78, 5) is 0. The summed E-state index contributed by atoms with van der Waals surface area (Å²) >= 11 is 0. The van der Waals surface area contributed by atoms with Crippen molar-refractivity contribution in [3.63, 3.8) is 0 Å². The van der Waals surface area contributed by atoms with Gasteiger partial charge in [-0.1, -0.05) is 11.1 Å². The molecule has 1 unspecified atom stereocenters. The van der Waals surface area contributed by atoms with Gasteiger partial charge in [0.25, 0.3) is 0 Å². The highest BCUT2D eigenvalue weighted by molar-refractivity contribution is 4.92. The Morgan fingerprint density at radius 2 is 2.60 bits per heavy atom. The van der Waals surface area contributed by atoms with Gasteiger partial charge in [0.2, 0.25) is 0 Å². The summed E-state index contributed by atoms with van der Waals surface area (Å²) in [5.41, 5.74) is 0. The molecule has 1 N–H and O–H groups in total. The molecule has 0 radical (unpaired) electrons. The van der Waals surface area contributed by atoms with E-state index in [0.29, 0.717) is 6.54 Å². The molecule has 1 aromatic rings. The number of terminal acetylenes is 1. The Balaban J connectivity index is 2.50. The Kier molecular flexibility index (Phi) is 2.03. The third-order valence-corrected chi connectivity index (χ3v) is 1.02. The van der Waals surface area contributed by atoms with Crippen molar-refractivity contribution in [2.75, 3.05) is 0 Å². The molecule has 1 rings (SSSR count). The van der Waals surface area contributed by atoms with Crippen LogP contribution in [0.5, 0.6) is 0 Å². The van der Waals surface area contributed by atoms with Gasteiger partial charge < -0.3 is 5.11 Å². The van der Waals surface area contributed by atoms with Crippen LogP contribution in [-0.2, 0) is 6.54 Å². The second-order valence-electron chi connectivity index (χ2n) is 1.81. The molecule has 10 heavy (non-hydrogen) atoms. The predicted molar refractivity (Wildman–Crippen MR) is 34.9 cm³/mol. The third-order valence-electron chi connectivity index (χ3n) is 1.02. The smallest absolute Gasteiger partial charge is 0.134 e. The quantitative estimate of drug-likeness (QED) is 0.547. The Labute approximate surface area is 58.5 Å². The standard InChI is InChI=1S/C6H7N3O/c1-2-6(10)5-9-4-3-7-8-9/h1,3-4,6,10H,5H2. The monoisotopic (exact) mass is 137 g/mol. The highest BCUT2D eigenvalue weighted by Gasteiger charge is 1.98. The first-order chi connectivity index (χ1) is 4.83. The Hall–Kier alpha value is -1.34. The predicted octanol–water partition coefficient (Wildman–Crippen LogP) is -0.728. The van der Waals surface area contributed by atoms with Gasteiger partial charge in [-0.3, -0.25) is 0 Å². The molecule has 0 saturated carbocycles. The lowest BCUT2D eigenvalue weighted by Gasteiger charge is -2.00. The lowest BCUT2D eigenvalue weighted by atomic mass is 10.4. The van der Waals surface area contributed by atoms with Gasteiger partial charge in [-0.15, -0.1) is 11.5 Å². The van der Waals surface area contributed by atoms with E-state index in [0.717, 1.165) is 0 Å². The molecule has 4 nitrogen and oxygen atoms in total. The second-order valence-corrected chi connectivity index (χ2v) is 1.81.